The van der Waals surface area contributed by atoms with Crippen molar-refractivity contribution in [2.45, 2.75) is 25.6 Å². The summed E-state index contributed by atoms with van der Waals surface area (Å²) in [5, 5.41) is 16.6. The van der Waals surface area contributed by atoms with E-state index in [0.717, 1.165) is 6.20 Å². The van der Waals surface area contributed by atoms with E-state index in [2.05, 4.69) is 20.4 Å². The van der Waals surface area contributed by atoms with E-state index in [0.29, 0.717) is 29.4 Å². The third-order valence-electron chi connectivity index (χ3n) is 5.18. The number of amides is 1. The molecule has 0 spiro atoms. The highest BCUT2D eigenvalue weighted by Crippen LogP contribution is 2.35. The van der Waals surface area contributed by atoms with Crippen LogP contribution in [0.1, 0.15) is 22.8 Å². The highest BCUT2D eigenvalue weighted by atomic mass is 19.1. The minimum atomic E-state index is -0.694. The van der Waals surface area contributed by atoms with Crippen LogP contribution in [0, 0.1) is 5.82 Å². The molecular formula is C19H19FN6O4. The van der Waals surface area contributed by atoms with Gasteiger partial charge in [-0.05, 0) is 13.0 Å². The Kier molecular flexibility index (Phi) is 4.39. The highest BCUT2D eigenvalue weighted by molar-refractivity contribution is 6.00. The molecule has 0 saturated heterocycles. The summed E-state index contributed by atoms with van der Waals surface area (Å²) in [6.07, 6.45) is 4.15. The Balaban J connectivity index is 1.69. The van der Waals surface area contributed by atoms with Gasteiger partial charge in [0.05, 0.1) is 43.8 Å². The van der Waals surface area contributed by atoms with Gasteiger partial charge in [-0.2, -0.15) is 5.10 Å². The zero-order chi connectivity index (χ0) is 20.8. The van der Waals surface area contributed by atoms with Gasteiger partial charge in [0, 0.05) is 5.56 Å². The predicted molar refractivity (Wildman–Crippen MR) is 102 cm³/mol. The third-order valence-corrected chi connectivity index (χ3v) is 5.18. The highest BCUT2D eigenvalue weighted by Gasteiger charge is 2.30. The van der Waals surface area contributed by atoms with Crippen LogP contribution in [-0.4, -0.2) is 62.5 Å². The van der Waals surface area contributed by atoms with Crippen LogP contribution in [0.2, 0.25) is 0 Å². The van der Waals surface area contributed by atoms with Crippen molar-refractivity contribution in [2.24, 2.45) is 0 Å². The number of hydrogen-bond acceptors (Lipinski definition) is 8. The normalized spacial score (nSPS) is 21.0. The fraction of sp³-hybridized carbons (Fsp3) is 0.368. The second-order valence-corrected chi connectivity index (χ2v) is 7.32. The van der Waals surface area contributed by atoms with Crippen molar-refractivity contribution in [3.8, 4) is 11.6 Å². The predicted octanol–water partition coefficient (Wildman–Crippen LogP) is 0.534. The van der Waals surface area contributed by atoms with E-state index in [1.807, 2.05) is 11.8 Å². The molecule has 156 valence electrons. The largest absolute Gasteiger partial charge is 0.486 e. The summed E-state index contributed by atoms with van der Waals surface area (Å²) in [5.74, 6) is 0.321. The second-order valence-electron chi connectivity index (χ2n) is 7.32. The lowest BCUT2D eigenvalue weighted by molar-refractivity contribution is 0.0888. The minimum Gasteiger partial charge on any atom is -0.486 e. The Morgan fingerprint density at radius 2 is 2.20 bits per heavy atom. The van der Waals surface area contributed by atoms with Crippen LogP contribution < -0.4 is 19.7 Å². The first-order valence-corrected chi connectivity index (χ1v) is 9.50. The molecule has 11 heteroatoms. The van der Waals surface area contributed by atoms with Gasteiger partial charge < -0.3 is 24.8 Å². The summed E-state index contributed by atoms with van der Waals surface area (Å²) < 4.78 is 27.0. The number of aromatic nitrogens is 4. The van der Waals surface area contributed by atoms with Crippen molar-refractivity contribution < 1.29 is 23.8 Å². The third kappa shape index (κ3) is 3.07. The fourth-order valence-corrected chi connectivity index (χ4v) is 3.57. The lowest BCUT2D eigenvalue weighted by atomic mass is 10.2. The van der Waals surface area contributed by atoms with Crippen LogP contribution >= 0.6 is 0 Å². The summed E-state index contributed by atoms with van der Waals surface area (Å²) in [6, 6.07) is 0.596. The monoisotopic (exact) mass is 414 g/mol. The zero-order valence-electron chi connectivity index (χ0n) is 16.1. The number of carbonyl (C=O) groups is 1. The van der Waals surface area contributed by atoms with E-state index < -0.39 is 17.8 Å². The van der Waals surface area contributed by atoms with Crippen LogP contribution in [0.25, 0.3) is 5.65 Å². The average molecular weight is 414 g/mol. The summed E-state index contributed by atoms with van der Waals surface area (Å²) in [7, 11) is 0. The van der Waals surface area contributed by atoms with Gasteiger partial charge in [0.15, 0.2) is 17.2 Å². The number of nitrogens with one attached hydrogen (secondary N) is 1. The van der Waals surface area contributed by atoms with Crippen molar-refractivity contribution in [3.05, 3.63) is 41.6 Å². The summed E-state index contributed by atoms with van der Waals surface area (Å²) in [4.78, 5) is 23.5. The number of carbonyl (C=O) groups excluding carboxylic acids is 1. The second kappa shape index (κ2) is 7.10. The summed E-state index contributed by atoms with van der Waals surface area (Å²) >= 11 is 0. The number of nitrogens with zero attached hydrogens (tertiary/aromatic N) is 5. The quantitative estimate of drug-likeness (QED) is 0.593. The topological polar surface area (TPSA) is 114 Å². The Morgan fingerprint density at radius 3 is 3.03 bits per heavy atom. The van der Waals surface area contributed by atoms with Gasteiger partial charge >= 0.3 is 0 Å². The molecule has 0 aromatic carbocycles. The van der Waals surface area contributed by atoms with Crippen LogP contribution in [0.15, 0.2) is 24.7 Å². The molecule has 0 saturated carbocycles. The molecule has 2 atom stereocenters. The number of anilines is 1. The van der Waals surface area contributed by atoms with Crippen LogP contribution in [-0.2, 0) is 6.54 Å². The molecule has 5 heterocycles. The SMILES string of the molecule is C[C@@H]1COc2cn3ncc4c3nc2N1Cc1cc(F)cnc1OC[C@H](CO)NC4=O. The average Bonchev–Trinajstić information content (AvgIpc) is 3.15. The number of aliphatic hydroxyl groups is 1. The number of fused-ring (bicyclic) bond motifs is 1. The van der Waals surface area contributed by atoms with E-state index in [4.69, 9.17) is 9.47 Å². The molecule has 5 rings (SSSR count). The number of halogens is 1. The van der Waals surface area contributed by atoms with Gasteiger partial charge in [0.1, 0.15) is 24.6 Å². The Bertz CT molecular complexity index is 1140. The van der Waals surface area contributed by atoms with Crippen LogP contribution in [0.3, 0.4) is 0 Å². The van der Waals surface area contributed by atoms with Crippen molar-refractivity contribution in [1.82, 2.24) is 24.9 Å². The molecule has 0 unspecified atom stereocenters. The maximum absolute atomic E-state index is 14.0. The standard InChI is InChI=1S/C19H19FN6O4/c1-10-8-29-15-6-26-16-14(4-22-26)18(28)23-13(7-27)9-30-19-11(2-12(20)3-21-19)5-25(10)17(15)24-16/h2-4,6,10,13,27H,5,7-9H2,1H3,(H,23,28)/t10-,13+/m1/s1. The molecule has 3 aromatic rings. The number of aliphatic hydroxyl groups excluding tert-OH is 1. The van der Waals surface area contributed by atoms with Gasteiger partial charge in [-0.15, -0.1) is 0 Å². The summed E-state index contributed by atoms with van der Waals surface area (Å²) in [6.45, 7) is 2.26. The van der Waals surface area contributed by atoms with Crippen LogP contribution in [0.4, 0.5) is 10.2 Å². The molecule has 1 amide bonds. The molecule has 0 radical (unpaired) electrons. The first kappa shape index (κ1) is 18.6. The maximum Gasteiger partial charge on any atom is 0.257 e. The first-order chi connectivity index (χ1) is 14.5. The molecule has 30 heavy (non-hydrogen) atoms. The van der Waals surface area contributed by atoms with E-state index >= 15 is 0 Å². The van der Waals surface area contributed by atoms with Crippen molar-refractivity contribution in [2.75, 3.05) is 24.7 Å². The molecule has 2 bridgehead atoms. The molecule has 3 aromatic heterocycles. The molecule has 10 nitrogen and oxygen atoms in total. The molecule has 0 fully saturated rings. The van der Waals surface area contributed by atoms with E-state index in [1.165, 1.54) is 16.8 Å². The lowest BCUT2D eigenvalue weighted by Gasteiger charge is -2.35. The smallest absolute Gasteiger partial charge is 0.257 e. The number of hydrogen-bond donors (Lipinski definition) is 2. The van der Waals surface area contributed by atoms with Crippen LogP contribution in [0.5, 0.6) is 11.6 Å². The van der Waals surface area contributed by atoms with Gasteiger partial charge in [0.2, 0.25) is 5.88 Å². The molecule has 0 aliphatic carbocycles. The number of ether oxygens (including phenoxy) is 2. The molecule has 2 aliphatic rings. The zero-order valence-corrected chi connectivity index (χ0v) is 16.1. The van der Waals surface area contributed by atoms with Gasteiger partial charge in [0.25, 0.3) is 5.91 Å². The summed E-state index contributed by atoms with van der Waals surface area (Å²) in [5.41, 5.74) is 1.13. The van der Waals surface area contributed by atoms with Gasteiger partial charge in [-0.25, -0.2) is 18.9 Å². The Hall–Kier alpha value is -3.47. The van der Waals surface area contributed by atoms with Crippen molar-refractivity contribution in [1.29, 1.82) is 0 Å². The number of pyridine rings is 1. The molecular weight excluding hydrogens is 395 g/mol. The minimum absolute atomic E-state index is 0.0345. The van der Waals surface area contributed by atoms with Gasteiger partial charge in [-0.1, -0.05) is 0 Å². The van der Waals surface area contributed by atoms with E-state index in [1.54, 1.807) is 6.20 Å². The first-order valence-electron chi connectivity index (χ1n) is 9.50. The maximum atomic E-state index is 14.0. The van der Waals surface area contributed by atoms with Crippen molar-refractivity contribution >= 4 is 17.4 Å². The fourth-order valence-electron chi connectivity index (χ4n) is 3.57. The lowest BCUT2D eigenvalue weighted by Crippen LogP contribution is -2.42. The Morgan fingerprint density at radius 1 is 1.33 bits per heavy atom. The molecule has 2 aliphatic heterocycles. The Labute approximate surface area is 170 Å². The molecule has 2 N–H and O–H groups in total. The van der Waals surface area contributed by atoms with E-state index in [-0.39, 0.29) is 37.2 Å². The van der Waals surface area contributed by atoms with Crippen molar-refractivity contribution in [3.63, 3.8) is 0 Å². The number of rotatable bonds is 1. The van der Waals surface area contributed by atoms with Gasteiger partial charge in [-0.3, -0.25) is 4.79 Å². The van der Waals surface area contributed by atoms with E-state index in [9.17, 15) is 14.3 Å².